The average Bonchev–Trinajstić information content (AvgIpc) is 3.10. The number of phosphoric ester groups is 1. The molecule has 3 N–H and O–H groups in total. The number of carbonyl (C=O) groups excluding carboxylic acids is 1. The van der Waals surface area contributed by atoms with Crippen LogP contribution < -0.4 is 0 Å². The van der Waals surface area contributed by atoms with Crippen LogP contribution in [0.3, 0.4) is 0 Å². The van der Waals surface area contributed by atoms with Crippen LogP contribution in [-0.4, -0.2) is 66.3 Å². The highest BCUT2D eigenvalue weighted by molar-refractivity contribution is 7.47. The number of phosphoric acid groups is 1. The summed E-state index contributed by atoms with van der Waals surface area (Å²) in [5.41, 5.74) is 0. The molecular weight excluding hydrogens is 655 g/mol. The van der Waals surface area contributed by atoms with Gasteiger partial charge in [0.15, 0.2) is 0 Å². The van der Waals surface area contributed by atoms with Crippen LogP contribution in [0.25, 0.3) is 0 Å². The lowest BCUT2D eigenvalue weighted by molar-refractivity contribution is -0.154. The molecule has 0 aromatic heterocycles. The fourth-order valence-electron chi connectivity index (χ4n) is 6.06. The van der Waals surface area contributed by atoms with E-state index in [9.17, 15) is 19.4 Å². The molecule has 0 spiro atoms. The molecule has 0 heterocycles. The molecule has 0 amide bonds. The van der Waals surface area contributed by atoms with Crippen molar-refractivity contribution in [1.82, 2.24) is 0 Å². The van der Waals surface area contributed by atoms with Gasteiger partial charge in [-0.25, -0.2) is 4.57 Å². The normalized spacial score (nSPS) is 14.1. The van der Waals surface area contributed by atoms with Gasteiger partial charge in [0.25, 0.3) is 0 Å². The Morgan fingerprint density at radius 3 is 1.30 bits per heavy atom. The maximum Gasteiger partial charge on any atom is 0.472 e. The Morgan fingerprint density at radius 1 is 0.540 bits per heavy atom. The fourth-order valence-corrected chi connectivity index (χ4v) is 6.85. The first-order valence-corrected chi connectivity index (χ1v) is 22.5. The first-order chi connectivity index (χ1) is 24.3. The van der Waals surface area contributed by atoms with E-state index < -0.39 is 33.2 Å². The number of aliphatic hydroxyl groups excluding tert-OH is 2. The molecule has 0 saturated heterocycles. The Hall–Kier alpha value is -0.540. The van der Waals surface area contributed by atoms with Crippen molar-refractivity contribution in [3.05, 3.63) is 0 Å². The molecular formula is C40H81O9P. The van der Waals surface area contributed by atoms with Crippen LogP contribution in [0.4, 0.5) is 0 Å². The van der Waals surface area contributed by atoms with E-state index in [1.54, 1.807) is 0 Å². The molecule has 0 saturated carbocycles. The molecule has 0 aliphatic heterocycles. The molecule has 10 heteroatoms. The van der Waals surface area contributed by atoms with Gasteiger partial charge in [-0.3, -0.25) is 13.8 Å². The highest BCUT2D eigenvalue weighted by Gasteiger charge is 2.26. The number of hydrogen-bond acceptors (Lipinski definition) is 8. The summed E-state index contributed by atoms with van der Waals surface area (Å²) in [5.74, 6) is -0.378. The summed E-state index contributed by atoms with van der Waals surface area (Å²) in [6, 6.07) is 0. The van der Waals surface area contributed by atoms with Crippen LogP contribution in [0.5, 0.6) is 0 Å². The van der Waals surface area contributed by atoms with Crippen molar-refractivity contribution in [1.29, 1.82) is 0 Å². The lowest BCUT2D eigenvalue weighted by Crippen LogP contribution is -2.29. The minimum absolute atomic E-state index is 0.0578. The van der Waals surface area contributed by atoms with E-state index in [1.807, 2.05) is 0 Å². The Kier molecular flexibility index (Phi) is 37.8. The fraction of sp³-hybridized carbons (Fsp3) is 0.975. The zero-order valence-corrected chi connectivity index (χ0v) is 33.5. The smallest absolute Gasteiger partial charge is 0.457 e. The van der Waals surface area contributed by atoms with Gasteiger partial charge < -0.3 is 24.6 Å². The van der Waals surface area contributed by atoms with Gasteiger partial charge >= 0.3 is 13.8 Å². The number of hydrogen-bond donors (Lipinski definition) is 3. The van der Waals surface area contributed by atoms with Gasteiger partial charge in [-0.1, -0.05) is 187 Å². The average molecular weight is 737 g/mol. The minimum atomic E-state index is -4.50. The second-order valence-electron chi connectivity index (χ2n) is 14.4. The van der Waals surface area contributed by atoms with Crippen LogP contribution in [0, 0.1) is 0 Å². The predicted molar refractivity (Wildman–Crippen MR) is 205 cm³/mol. The molecule has 0 rings (SSSR count). The van der Waals surface area contributed by atoms with E-state index in [0.29, 0.717) is 6.61 Å². The SMILES string of the molecule is CCCCCCCCCCCCCCCCCCCOCC(COP(=O)(O)OCC(O)CO)OC(=O)CCCCCCCCCCCCCC. The highest BCUT2D eigenvalue weighted by Crippen LogP contribution is 2.43. The number of aliphatic hydroxyl groups is 2. The van der Waals surface area contributed by atoms with E-state index in [1.165, 1.54) is 154 Å². The van der Waals surface area contributed by atoms with Crippen LogP contribution in [0.15, 0.2) is 0 Å². The highest BCUT2D eigenvalue weighted by atomic mass is 31.2. The van der Waals surface area contributed by atoms with Gasteiger partial charge in [0.1, 0.15) is 12.2 Å². The first-order valence-electron chi connectivity index (χ1n) is 21.0. The van der Waals surface area contributed by atoms with Crippen LogP contribution >= 0.6 is 7.82 Å². The van der Waals surface area contributed by atoms with Gasteiger partial charge in [0.05, 0.1) is 26.4 Å². The molecule has 0 radical (unpaired) electrons. The quantitative estimate of drug-likeness (QED) is 0.0319. The monoisotopic (exact) mass is 737 g/mol. The second kappa shape index (κ2) is 38.2. The Balaban J connectivity index is 4.11. The molecule has 0 aromatic rings. The molecule has 3 unspecified atom stereocenters. The molecule has 9 nitrogen and oxygen atoms in total. The maximum absolute atomic E-state index is 12.6. The number of rotatable bonds is 41. The predicted octanol–water partition coefficient (Wildman–Crippen LogP) is 11.1. The molecule has 0 aliphatic carbocycles. The van der Waals surface area contributed by atoms with Gasteiger partial charge in [0.2, 0.25) is 0 Å². The summed E-state index contributed by atoms with van der Waals surface area (Å²) in [5, 5.41) is 18.3. The summed E-state index contributed by atoms with van der Waals surface area (Å²) in [7, 11) is -4.50. The molecule has 0 fully saturated rings. The summed E-state index contributed by atoms with van der Waals surface area (Å²) in [4.78, 5) is 22.5. The Morgan fingerprint density at radius 2 is 0.900 bits per heavy atom. The standard InChI is InChI=1S/C40H81O9P/c1-3-5-7-9-11-13-15-17-18-19-20-21-23-25-27-29-31-33-46-36-39(37-48-50(44,45)47-35-38(42)34-41)49-40(43)32-30-28-26-24-22-16-14-12-10-8-6-4-2/h38-39,41-42H,3-37H2,1-2H3,(H,44,45). The third kappa shape index (κ3) is 37.2. The van der Waals surface area contributed by atoms with Crippen molar-refractivity contribution >= 4 is 13.8 Å². The van der Waals surface area contributed by atoms with Crippen molar-refractivity contribution in [2.75, 3.05) is 33.0 Å². The zero-order chi connectivity index (χ0) is 36.8. The first kappa shape index (κ1) is 49.5. The van der Waals surface area contributed by atoms with Crippen molar-refractivity contribution in [3.8, 4) is 0 Å². The van der Waals surface area contributed by atoms with Crippen molar-refractivity contribution in [3.63, 3.8) is 0 Å². The van der Waals surface area contributed by atoms with E-state index in [-0.39, 0.29) is 25.6 Å². The molecule has 0 bridgehead atoms. The van der Waals surface area contributed by atoms with Crippen LogP contribution in [0.1, 0.15) is 206 Å². The summed E-state index contributed by atoms with van der Waals surface area (Å²) < 4.78 is 33.3. The number of ether oxygens (including phenoxy) is 2. The number of esters is 1. The van der Waals surface area contributed by atoms with E-state index in [4.69, 9.17) is 23.6 Å². The summed E-state index contributed by atoms with van der Waals surface area (Å²) in [6.07, 6.45) is 34.8. The van der Waals surface area contributed by atoms with E-state index >= 15 is 0 Å². The van der Waals surface area contributed by atoms with Gasteiger partial charge in [0, 0.05) is 13.0 Å². The molecule has 0 aliphatic rings. The van der Waals surface area contributed by atoms with Crippen molar-refractivity contribution < 1.29 is 43.0 Å². The third-order valence-electron chi connectivity index (χ3n) is 9.29. The van der Waals surface area contributed by atoms with Gasteiger partial charge in [-0.05, 0) is 12.8 Å². The Bertz CT molecular complexity index is 754. The third-order valence-corrected chi connectivity index (χ3v) is 10.2. The van der Waals surface area contributed by atoms with E-state index in [2.05, 4.69) is 13.8 Å². The molecule has 300 valence electrons. The molecule has 0 aromatic carbocycles. The molecule has 50 heavy (non-hydrogen) atoms. The summed E-state index contributed by atoms with van der Waals surface area (Å²) in [6.45, 7) is 3.56. The van der Waals surface area contributed by atoms with Gasteiger partial charge in [-0.2, -0.15) is 0 Å². The number of unbranched alkanes of at least 4 members (excludes halogenated alkanes) is 27. The minimum Gasteiger partial charge on any atom is -0.457 e. The van der Waals surface area contributed by atoms with Gasteiger partial charge in [-0.15, -0.1) is 0 Å². The van der Waals surface area contributed by atoms with Crippen LogP contribution in [-0.2, 0) is 27.9 Å². The Labute approximate surface area is 308 Å². The summed E-state index contributed by atoms with van der Waals surface area (Å²) >= 11 is 0. The lowest BCUT2D eigenvalue weighted by atomic mass is 10.0. The van der Waals surface area contributed by atoms with Crippen LogP contribution in [0.2, 0.25) is 0 Å². The second-order valence-corrected chi connectivity index (χ2v) is 15.8. The topological polar surface area (TPSA) is 132 Å². The number of carbonyl (C=O) groups is 1. The molecule has 3 atom stereocenters. The van der Waals surface area contributed by atoms with Crippen molar-refractivity contribution in [2.45, 2.75) is 219 Å². The zero-order valence-electron chi connectivity index (χ0n) is 32.6. The maximum atomic E-state index is 12.6. The van der Waals surface area contributed by atoms with E-state index in [0.717, 1.165) is 32.1 Å². The largest absolute Gasteiger partial charge is 0.472 e. The lowest BCUT2D eigenvalue weighted by Gasteiger charge is -2.20. The van der Waals surface area contributed by atoms with Crippen molar-refractivity contribution in [2.24, 2.45) is 0 Å².